The molecule has 1 atom stereocenters. The van der Waals surface area contributed by atoms with Crippen LogP contribution in [0.2, 0.25) is 0 Å². The van der Waals surface area contributed by atoms with Crippen LogP contribution in [0.4, 0.5) is 4.79 Å². The van der Waals surface area contributed by atoms with Crippen molar-refractivity contribution in [3.63, 3.8) is 0 Å². The van der Waals surface area contributed by atoms with Crippen molar-refractivity contribution in [3.8, 4) is 22.7 Å². The summed E-state index contributed by atoms with van der Waals surface area (Å²) in [6.07, 6.45) is 8.44. The van der Waals surface area contributed by atoms with Crippen LogP contribution in [0.3, 0.4) is 0 Å². The highest BCUT2D eigenvalue weighted by Gasteiger charge is 2.29. The van der Waals surface area contributed by atoms with E-state index in [0.717, 1.165) is 39.9 Å². The van der Waals surface area contributed by atoms with Crippen molar-refractivity contribution in [2.45, 2.75) is 49.5 Å². The second-order valence-electron chi connectivity index (χ2n) is 9.79. The average molecular weight is 520 g/mol. The number of rotatable bonds is 5. The van der Waals surface area contributed by atoms with Crippen molar-refractivity contribution in [1.82, 2.24) is 35.1 Å². The molecule has 4 aromatic rings. The molecule has 0 aliphatic carbocycles. The number of benzene rings is 1. The zero-order chi connectivity index (χ0) is 26.0. The fourth-order valence-corrected chi connectivity index (χ4v) is 5.53. The third-order valence-electron chi connectivity index (χ3n) is 5.95. The first-order valence-electron chi connectivity index (χ1n) is 12.1. The fraction of sp³-hybridized carbons (Fsp3) is 0.385. The quantitative estimate of drug-likeness (QED) is 0.368. The first kappa shape index (κ1) is 24.9. The van der Waals surface area contributed by atoms with Crippen LogP contribution in [-0.4, -0.2) is 72.2 Å². The first-order chi connectivity index (χ1) is 17.8. The Morgan fingerprint density at radius 3 is 2.65 bits per heavy atom. The zero-order valence-corrected chi connectivity index (χ0v) is 22.1. The van der Waals surface area contributed by atoms with Crippen LogP contribution in [0, 0.1) is 0 Å². The van der Waals surface area contributed by atoms with Gasteiger partial charge in [-0.1, -0.05) is 11.8 Å². The summed E-state index contributed by atoms with van der Waals surface area (Å²) in [5.74, 6) is 0.642. The number of amides is 1. The van der Waals surface area contributed by atoms with Crippen molar-refractivity contribution >= 4 is 28.6 Å². The minimum absolute atomic E-state index is 0.181. The Labute approximate surface area is 219 Å². The zero-order valence-electron chi connectivity index (χ0n) is 21.3. The SMILES string of the molecule is COc1cc(-n2nccn2)ccc1-c1nnc(S[C@@H]2CCCN(C(=O)OC(C)(C)C)C2)c2cnccc12. The van der Waals surface area contributed by atoms with Crippen LogP contribution < -0.4 is 4.74 Å². The van der Waals surface area contributed by atoms with E-state index in [1.54, 1.807) is 42.4 Å². The summed E-state index contributed by atoms with van der Waals surface area (Å²) in [4.78, 5) is 20.3. The molecule has 0 spiro atoms. The average Bonchev–Trinajstić information content (AvgIpc) is 3.43. The molecule has 1 aromatic carbocycles. The van der Waals surface area contributed by atoms with E-state index in [9.17, 15) is 4.79 Å². The molecule has 0 N–H and O–H groups in total. The molecule has 1 fully saturated rings. The largest absolute Gasteiger partial charge is 0.496 e. The summed E-state index contributed by atoms with van der Waals surface area (Å²) in [6, 6.07) is 7.68. The maximum atomic E-state index is 12.6. The minimum Gasteiger partial charge on any atom is -0.496 e. The van der Waals surface area contributed by atoms with E-state index in [0.29, 0.717) is 24.5 Å². The number of methoxy groups -OCH3 is 1. The monoisotopic (exact) mass is 519 g/mol. The molecule has 1 aliphatic rings. The second-order valence-corrected chi connectivity index (χ2v) is 11.1. The molecular weight excluding hydrogens is 490 g/mol. The molecular formula is C26H29N7O3S. The van der Waals surface area contributed by atoms with E-state index in [4.69, 9.17) is 9.47 Å². The van der Waals surface area contributed by atoms with E-state index in [1.807, 2.05) is 51.2 Å². The Morgan fingerprint density at radius 2 is 1.89 bits per heavy atom. The Bertz CT molecular complexity index is 1410. The number of piperidine rings is 1. The van der Waals surface area contributed by atoms with Gasteiger partial charge in [0.25, 0.3) is 0 Å². The molecule has 0 saturated carbocycles. The number of ether oxygens (including phenoxy) is 2. The van der Waals surface area contributed by atoms with Crippen LogP contribution in [0.25, 0.3) is 27.7 Å². The molecule has 0 unspecified atom stereocenters. The maximum Gasteiger partial charge on any atom is 0.410 e. The van der Waals surface area contributed by atoms with E-state index in [-0.39, 0.29) is 11.3 Å². The molecule has 1 amide bonds. The molecule has 10 nitrogen and oxygen atoms in total. The third kappa shape index (κ3) is 5.51. The molecule has 37 heavy (non-hydrogen) atoms. The summed E-state index contributed by atoms with van der Waals surface area (Å²) in [5, 5.41) is 20.4. The molecule has 4 heterocycles. The summed E-state index contributed by atoms with van der Waals surface area (Å²) >= 11 is 1.63. The number of hydrogen-bond donors (Lipinski definition) is 0. The summed E-state index contributed by atoms with van der Waals surface area (Å²) in [7, 11) is 1.63. The van der Waals surface area contributed by atoms with Gasteiger partial charge in [-0.3, -0.25) is 4.98 Å². The van der Waals surface area contributed by atoms with Crippen molar-refractivity contribution in [1.29, 1.82) is 0 Å². The van der Waals surface area contributed by atoms with Crippen molar-refractivity contribution in [2.75, 3.05) is 20.2 Å². The third-order valence-corrected chi connectivity index (χ3v) is 7.19. The van der Waals surface area contributed by atoms with Gasteiger partial charge in [0, 0.05) is 53.1 Å². The lowest BCUT2D eigenvalue weighted by Crippen LogP contribution is -2.43. The predicted molar refractivity (Wildman–Crippen MR) is 141 cm³/mol. The Kier molecular flexibility index (Phi) is 6.96. The minimum atomic E-state index is -0.519. The number of carbonyl (C=O) groups excluding carboxylic acids is 1. The van der Waals surface area contributed by atoms with Crippen molar-refractivity contribution in [3.05, 3.63) is 49.1 Å². The van der Waals surface area contributed by atoms with E-state index in [2.05, 4.69) is 25.4 Å². The van der Waals surface area contributed by atoms with Crippen LogP contribution >= 0.6 is 11.8 Å². The van der Waals surface area contributed by atoms with Crippen LogP contribution in [0.1, 0.15) is 33.6 Å². The molecule has 1 saturated heterocycles. The normalized spacial score (nSPS) is 16.1. The highest BCUT2D eigenvalue weighted by atomic mass is 32.2. The Hall–Kier alpha value is -3.73. The van der Waals surface area contributed by atoms with Gasteiger partial charge in [-0.15, -0.1) is 10.2 Å². The number of fused-ring (bicyclic) bond motifs is 1. The van der Waals surface area contributed by atoms with Gasteiger partial charge >= 0.3 is 6.09 Å². The van der Waals surface area contributed by atoms with Crippen LogP contribution in [-0.2, 0) is 4.74 Å². The molecule has 5 rings (SSSR count). The van der Waals surface area contributed by atoms with Gasteiger partial charge in [0.1, 0.15) is 22.1 Å². The summed E-state index contributed by atoms with van der Waals surface area (Å²) < 4.78 is 11.3. The molecule has 3 aromatic heterocycles. The van der Waals surface area contributed by atoms with Crippen molar-refractivity contribution < 1.29 is 14.3 Å². The molecule has 192 valence electrons. The van der Waals surface area contributed by atoms with Crippen molar-refractivity contribution in [2.24, 2.45) is 0 Å². The van der Waals surface area contributed by atoms with Gasteiger partial charge in [-0.2, -0.15) is 15.0 Å². The fourth-order valence-electron chi connectivity index (χ4n) is 4.29. The number of hydrogen-bond acceptors (Lipinski definition) is 9. The number of nitrogens with zero attached hydrogens (tertiary/aromatic N) is 7. The van der Waals surface area contributed by atoms with Gasteiger partial charge in [0.15, 0.2) is 0 Å². The molecule has 0 bridgehead atoms. The number of likely N-dealkylation sites (tertiary alicyclic amines) is 1. The molecule has 11 heteroatoms. The van der Waals surface area contributed by atoms with Gasteiger partial charge in [0.2, 0.25) is 0 Å². The number of carbonyl (C=O) groups is 1. The van der Waals surface area contributed by atoms with Gasteiger partial charge in [-0.05, 0) is 51.8 Å². The first-order valence-corrected chi connectivity index (χ1v) is 13.0. The smallest absolute Gasteiger partial charge is 0.410 e. The standard InChI is InChI=1S/C26H29N7O3S/c1-26(2,3)36-25(34)32-13-5-6-18(16-32)37-24-21-15-27-10-9-19(21)23(30-31-24)20-8-7-17(14-22(20)35-4)33-28-11-12-29-33/h7-12,14-15,18H,5-6,13,16H2,1-4H3/t18-/m1/s1. The van der Waals surface area contributed by atoms with Gasteiger partial charge in [0.05, 0.1) is 25.2 Å². The highest BCUT2D eigenvalue weighted by Crippen LogP contribution is 2.38. The van der Waals surface area contributed by atoms with E-state index < -0.39 is 5.60 Å². The Balaban J connectivity index is 1.43. The van der Waals surface area contributed by atoms with Gasteiger partial charge in [-0.25, -0.2) is 4.79 Å². The summed E-state index contributed by atoms with van der Waals surface area (Å²) in [5.41, 5.74) is 1.78. The number of aromatic nitrogens is 6. The number of pyridine rings is 1. The lowest BCUT2D eigenvalue weighted by Gasteiger charge is -2.33. The highest BCUT2D eigenvalue weighted by molar-refractivity contribution is 8.00. The van der Waals surface area contributed by atoms with Crippen LogP contribution in [0.15, 0.2) is 54.1 Å². The topological polar surface area (TPSA) is 108 Å². The molecule has 1 aliphatic heterocycles. The number of thioether (sulfide) groups is 1. The van der Waals surface area contributed by atoms with E-state index >= 15 is 0 Å². The lowest BCUT2D eigenvalue weighted by atomic mass is 10.1. The van der Waals surface area contributed by atoms with Gasteiger partial charge < -0.3 is 14.4 Å². The van der Waals surface area contributed by atoms with Crippen LogP contribution in [0.5, 0.6) is 5.75 Å². The Morgan fingerprint density at radius 1 is 1.08 bits per heavy atom. The predicted octanol–water partition coefficient (Wildman–Crippen LogP) is 4.77. The second kappa shape index (κ2) is 10.3. The molecule has 0 radical (unpaired) electrons. The lowest BCUT2D eigenvalue weighted by molar-refractivity contribution is 0.0220. The van der Waals surface area contributed by atoms with E-state index in [1.165, 1.54) is 4.80 Å². The maximum absolute atomic E-state index is 12.6. The summed E-state index contributed by atoms with van der Waals surface area (Å²) in [6.45, 7) is 6.95.